The number of carbonyl (C=O) groups excluding carboxylic acids is 1. The molecule has 5 rings (SSSR count). The van der Waals surface area contributed by atoms with Gasteiger partial charge in [-0.2, -0.15) is 0 Å². The lowest BCUT2D eigenvalue weighted by Gasteiger charge is -2.32. The van der Waals surface area contributed by atoms with Crippen LogP contribution in [0.15, 0.2) is 70.5 Å². The quantitative estimate of drug-likeness (QED) is 0.507. The molecule has 0 atom stereocenters. The second kappa shape index (κ2) is 8.84. The van der Waals surface area contributed by atoms with Crippen LogP contribution in [0.1, 0.15) is 12.0 Å². The first-order valence-electron chi connectivity index (χ1n) is 10.8. The van der Waals surface area contributed by atoms with E-state index in [-0.39, 0.29) is 45.6 Å². The maximum Gasteiger partial charge on any atom is 0.297 e. The molecule has 10 nitrogen and oxygen atoms in total. The Morgan fingerprint density at radius 2 is 1.67 bits per heavy atom. The molecule has 36 heavy (non-hydrogen) atoms. The number of halogens is 1. The number of nitrogens with zero attached hydrogens (tertiary/aromatic N) is 2. The van der Waals surface area contributed by atoms with Gasteiger partial charge >= 0.3 is 0 Å². The van der Waals surface area contributed by atoms with Gasteiger partial charge in [0.05, 0.1) is 47.2 Å². The van der Waals surface area contributed by atoms with Gasteiger partial charge in [0.2, 0.25) is 9.84 Å². The number of carbonyl (C=O) groups is 1. The Hall–Kier alpha value is -3.55. The summed E-state index contributed by atoms with van der Waals surface area (Å²) in [5.41, 5.74) is -0.334. The molecule has 0 saturated carbocycles. The summed E-state index contributed by atoms with van der Waals surface area (Å²) < 4.78 is 58.3. The number of sulfone groups is 1. The van der Waals surface area contributed by atoms with Gasteiger partial charge in [0.1, 0.15) is 11.6 Å². The summed E-state index contributed by atoms with van der Waals surface area (Å²) >= 11 is 0. The lowest BCUT2D eigenvalue weighted by molar-refractivity contribution is -0.256. The molecule has 0 bridgehead atoms. The zero-order valence-electron chi connectivity index (χ0n) is 18.9. The van der Waals surface area contributed by atoms with E-state index in [0.29, 0.717) is 12.2 Å². The number of hydrogen-bond donors (Lipinski definition) is 1. The van der Waals surface area contributed by atoms with Crippen LogP contribution in [0.5, 0.6) is 5.75 Å². The van der Waals surface area contributed by atoms with Gasteiger partial charge in [-0.3, -0.25) is 14.9 Å². The van der Waals surface area contributed by atoms with Crippen LogP contribution < -0.4 is 14.9 Å². The van der Waals surface area contributed by atoms with Crippen LogP contribution in [0, 0.1) is 11.0 Å². The summed E-state index contributed by atoms with van der Waals surface area (Å²) in [6.45, 7) is 0.317. The first kappa shape index (κ1) is 24.2. The van der Waals surface area contributed by atoms with Crippen molar-refractivity contribution < 1.29 is 37.0 Å². The zero-order valence-corrected chi connectivity index (χ0v) is 19.7. The molecule has 3 aromatic rings. The lowest BCUT2D eigenvalue weighted by atomic mass is 10.1. The highest BCUT2D eigenvalue weighted by atomic mass is 32.2. The van der Waals surface area contributed by atoms with E-state index in [1.54, 1.807) is 0 Å². The first-order chi connectivity index (χ1) is 17.2. The SMILES string of the molecule is COc1ccc(S(=O)(=O)c2ccc3c(c2)C2(OCCCO2)C(=O)N3c2ccc(N([O-])O)cc2F)cc1. The molecule has 0 radical (unpaired) electrons. The van der Waals surface area contributed by atoms with Crippen molar-refractivity contribution in [3.63, 3.8) is 0 Å². The maximum absolute atomic E-state index is 15.0. The van der Waals surface area contributed by atoms with Crippen LogP contribution in [0.3, 0.4) is 0 Å². The van der Waals surface area contributed by atoms with E-state index in [2.05, 4.69) is 0 Å². The predicted molar refractivity (Wildman–Crippen MR) is 124 cm³/mol. The van der Waals surface area contributed by atoms with Gasteiger partial charge in [0.25, 0.3) is 11.7 Å². The molecule has 0 aliphatic carbocycles. The minimum Gasteiger partial charge on any atom is -0.733 e. The molecule has 0 unspecified atom stereocenters. The van der Waals surface area contributed by atoms with E-state index in [1.807, 2.05) is 0 Å². The molecule has 1 spiro atoms. The molecule has 1 amide bonds. The summed E-state index contributed by atoms with van der Waals surface area (Å²) in [6, 6.07) is 12.9. The number of ether oxygens (including phenoxy) is 3. The average molecular weight is 515 g/mol. The third-order valence-corrected chi connectivity index (χ3v) is 7.79. The van der Waals surface area contributed by atoms with Crippen molar-refractivity contribution in [2.75, 3.05) is 30.4 Å². The normalized spacial score (nSPS) is 16.8. The van der Waals surface area contributed by atoms with Gasteiger partial charge in [-0.1, -0.05) is 0 Å². The third-order valence-electron chi connectivity index (χ3n) is 6.02. The summed E-state index contributed by atoms with van der Waals surface area (Å²) in [5.74, 6) is -3.22. The molecule has 1 saturated heterocycles. The molecule has 3 aromatic carbocycles. The summed E-state index contributed by atoms with van der Waals surface area (Å²) in [7, 11) is -2.54. The summed E-state index contributed by atoms with van der Waals surface area (Å²) in [5, 5.41) is 19.7. The van der Waals surface area contributed by atoms with Crippen molar-refractivity contribution in [1.82, 2.24) is 0 Å². The van der Waals surface area contributed by atoms with Crippen LogP contribution in [-0.4, -0.2) is 39.9 Å². The Bertz CT molecular complexity index is 1440. The molecule has 1 N–H and O–H groups in total. The highest BCUT2D eigenvalue weighted by molar-refractivity contribution is 7.91. The van der Waals surface area contributed by atoms with Gasteiger partial charge in [0.15, 0.2) is 0 Å². The molecule has 2 aliphatic heterocycles. The van der Waals surface area contributed by atoms with Crippen LogP contribution >= 0.6 is 0 Å². The van der Waals surface area contributed by atoms with Gasteiger partial charge in [-0.05, 0) is 61.0 Å². The Morgan fingerprint density at radius 3 is 2.28 bits per heavy atom. The molecule has 1 fully saturated rings. The van der Waals surface area contributed by atoms with Crippen molar-refractivity contribution in [2.24, 2.45) is 0 Å². The highest BCUT2D eigenvalue weighted by Crippen LogP contribution is 2.50. The van der Waals surface area contributed by atoms with Crippen LogP contribution in [0.4, 0.5) is 21.5 Å². The average Bonchev–Trinajstić information content (AvgIpc) is 3.11. The van der Waals surface area contributed by atoms with Crippen molar-refractivity contribution in [1.29, 1.82) is 0 Å². The van der Waals surface area contributed by atoms with E-state index in [0.717, 1.165) is 23.1 Å². The minimum atomic E-state index is -4.00. The largest absolute Gasteiger partial charge is 0.733 e. The van der Waals surface area contributed by atoms with Gasteiger partial charge < -0.3 is 24.6 Å². The van der Waals surface area contributed by atoms with E-state index < -0.39 is 32.6 Å². The van der Waals surface area contributed by atoms with Crippen LogP contribution in [0.2, 0.25) is 0 Å². The van der Waals surface area contributed by atoms with Crippen molar-refractivity contribution in [3.05, 3.63) is 77.3 Å². The standard InChI is InChI=1S/C24H20FN2O8S/c1-33-16-4-6-17(7-5-16)36(31,32)18-8-10-21-19(14-18)24(34-11-2-12-35-24)23(28)26(21)22-9-3-15(27(29)30)13-20(22)25/h3-10,13-14,29H,2,11-12H2,1H3/q-1. The number of methoxy groups -OCH3 is 1. The number of rotatable bonds is 5. The minimum absolute atomic E-state index is 0.0109. The van der Waals surface area contributed by atoms with E-state index in [1.165, 1.54) is 49.6 Å². The van der Waals surface area contributed by atoms with Crippen molar-refractivity contribution in [2.45, 2.75) is 22.0 Å². The molecule has 0 aromatic heterocycles. The molecular weight excluding hydrogens is 495 g/mol. The second-order valence-electron chi connectivity index (χ2n) is 8.07. The Kier molecular flexibility index (Phi) is 5.93. The molecule has 2 heterocycles. The van der Waals surface area contributed by atoms with Crippen molar-refractivity contribution >= 4 is 32.8 Å². The Labute approximate surface area is 205 Å². The Balaban J connectivity index is 1.65. The molecule has 12 heteroatoms. The van der Waals surface area contributed by atoms with Crippen LogP contribution in [-0.2, 0) is 29.9 Å². The Morgan fingerprint density at radius 1 is 1.03 bits per heavy atom. The zero-order chi connectivity index (χ0) is 25.7. The summed E-state index contributed by atoms with van der Waals surface area (Å²) in [6.07, 6.45) is 0.507. The third kappa shape index (κ3) is 3.70. The van der Waals surface area contributed by atoms with E-state index in [4.69, 9.17) is 19.4 Å². The lowest BCUT2D eigenvalue weighted by Crippen LogP contribution is -2.46. The first-order valence-corrected chi connectivity index (χ1v) is 12.3. The number of benzene rings is 3. The number of amides is 1. The summed E-state index contributed by atoms with van der Waals surface area (Å²) in [4.78, 5) is 14.5. The molecule has 188 valence electrons. The number of hydrogen-bond acceptors (Lipinski definition) is 9. The second-order valence-corrected chi connectivity index (χ2v) is 10.0. The van der Waals surface area contributed by atoms with Gasteiger partial charge in [-0.15, -0.1) is 0 Å². The monoisotopic (exact) mass is 515 g/mol. The highest BCUT2D eigenvalue weighted by Gasteiger charge is 2.56. The number of fused-ring (bicyclic) bond motifs is 2. The fourth-order valence-electron chi connectivity index (χ4n) is 4.25. The van der Waals surface area contributed by atoms with E-state index >= 15 is 0 Å². The maximum atomic E-state index is 15.0. The number of anilines is 3. The van der Waals surface area contributed by atoms with Gasteiger partial charge in [0, 0.05) is 11.6 Å². The molecule has 2 aliphatic rings. The smallest absolute Gasteiger partial charge is 0.297 e. The van der Waals surface area contributed by atoms with Crippen LogP contribution in [0.25, 0.3) is 0 Å². The van der Waals surface area contributed by atoms with Crippen molar-refractivity contribution in [3.8, 4) is 5.75 Å². The molecular formula is C24H20FN2O8S-. The topological polar surface area (TPSA) is 129 Å². The fraction of sp³-hybridized carbons (Fsp3) is 0.208. The van der Waals surface area contributed by atoms with Gasteiger partial charge in [-0.25, -0.2) is 12.8 Å². The fourth-order valence-corrected chi connectivity index (χ4v) is 5.54. The van der Waals surface area contributed by atoms with E-state index in [9.17, 15) is 22.8 Å². The predicted octanol–water partition coefficient (Wildman–Crippen LogP) is 3.63.